The molecule has 0 amide bonds. The van der Waals surface area contributed by atoms with Crippen molar-refractivity contribution in [1.82, 2.24) is 4.98 Å². The van der Waals surface area contributed by atoms with Crippen molar-refractivity contribution in [2.45, 2.75) is 6.92 Å². The number of rotatable bonds is 0. The van der Waals surface area contributed by atoms with Crippen molar-refractivity contribution in [1.29, 1.82) is 0 Å². The number of aromatic nitrogens is 1. The summed E-state index contributed by atoms with van der Waals surface area (Å²) in [7, 11) is 0. The molecule has 17 heavy (non-hydrogen) atoms. The lowest BCUT2D eigenvalue weighted by molar-refractivity contribution is 0.621. The normalized spacial score (nSPS) is 9.59. The molecule has 0 atom stereocenters. The van der Waals surface area contributed by atoms with Crippen LogP contribution in [0.25, 0.3) is 0 Å². The van der Waals surface area contributed by atoms with Gasteiger partial charge in [0, 0.05) is 23.0 Å². The van der Waals surface area contributed by atoms with Crippen molar-refractivity contribution in [3.63, 3.8) is 0 Å². The van der Waals surface area contributed by atoms with Gasteiger partial charge in [-0.3, -0.25) is 4.98 Å². The first kappa shape index (κ1) is 11.8. The summed E-state index contributed by atoms with van der Waals surface area (Å²) in [6.07, 6.45) is 1.72. The van der Waals surface area contributed by atoms with Gasteiger partial charge in [-0.1, -0.05) is 11.8 Å². The highest BCUT2D eigenvalue weighted by molar-refractivity contribution is 9.10. The molecule has 84 valence electrons. The summed E-state index contributed by atoms with van der Waals surface area (Å²) >= 11 is 3.13. The number of aryl methyl sites for hydroxylation is 1. The van der Waals surface area contributed by atoms with E-state index >= 15 is 0 Å². The predicted octanol–water partition coefficient (Wildman–Crippen LogP) is 3.69. The monoisotopic (exact) mass is 289 g/mol. The predicted molar refractivity (Wildman–Crippen MR) is 69.1 cm³/mol. The van der Waals surface area contributed by atoms with Gasteiger partial charge in [0.15, 0.2) is 0 Å². The minimum absolute atomic E-state index is 0.282. The molecule has 0 fully saturated rings. The molecular weight excluding hydrogens is 281 g/mol. The molecule has 1 nitrogen and oxygen atoms in total. The Bertz CT molecular complexity index is 611. The maximum absolute atomic E-state index is 13.0. The van der Waals surface area contributed by atoms with Crippen molar-refractivity contribution in [3.8, 4) is 11.8 Å². The molecule has 0 N–H and O–H groups in total. The van der Waals surface area contributed by atoms with Crippen LogP contribution in [-0.4, -0.2) is 4.98 Å². The van der Waals surface area contributed by atoms with Crippen LogP contribution in [0.5, 0.6) is 0 Å². The molecule has 0 bridgehead atoms. The number of nitrogens with zero attached hydrogens (tertiary/aromatic N) is 1. The van der Waals surface area contributed by atoms with Crippen LogP contribution in [-0.2, 0) is 0 Å². The summed E-state index contributed by atoms with van der Waals surface area (Å²) in [5, 5.41) is 0. The van der Waals surface area contributed by atoms with Gasteiger partial charge in [-0.15, -0.1) is 0 Å². The van der Waals surface area contributed by atoms with Crippen LogP contribution in [0.3, 0.4) is 0 Å². The Morgan fingerprint density at radius 2 is 1.82 bits per heavy atom. The molecule has 2 rings (SSSR count). The minimum atomic E-state index is -0.282. The molecule has 0 unspecified atom stereocenters. The zero-order valence-electron chi connectivity index (χ0n) is 9.17. The summed E-state index contributed by atoms with van der Waals surface area (Å²) in [4.78, 5) is 4.10. The Morgan fingerprint density at radius 3 is 2.47 bits per heavy atom. The van der Waals surface area contributed by atoms with Crippen LogP contribution in [0.4, 0.5) is 4.39 Å². The van der Waals surface area contributed by atoms with Gasteiger partial charge in [-0.2, -0.15) is 0 Å². The Morgan fingerprint density at radius 1 is 1.12 bits per heavy atom. The minimum Gasteiger partial charge on any atom is -0.262 e. The standard InChI is InChI=1S/C14H9BrFN/c1-10-8-12(6-7-17-10)3-2-11-4-5-14(16)13(15)9-11/h4-9H,1H3. The van der Waals surface area contributed by atoms with E-state index in [9.17, 15) is 4.39 Å². The van der Waals surface area contributed by atoms with Crippen molar-refractivity contribution in [2.24, 2.45) is 0 Å². The molecule has 0 spiro atoms. The van der Waals surface area contributed by atoms with Gasteiger partial charge >= 0.3 is 0 Å². The van der Waals surface area contributed by atoms with E-state index < -0.39 is 0 Å². The first-order valence-corrected chi connectivity index (χ1v) is 5.84. The number of pyridine rings is 1. The summed E-state index contributed by atoms with van der Waals surface area (Å²) in [5.41, 5.74) is 2.60. The van der Waals surface area contributed by atoms with E-state index in [0.717, 1.165) is 16.8 Å². The van der Waals surface area contributed by atoms with Gasteiger partial charge < -0.3 is 0 Å². The molecule has 0 radical (unpaired) electrons. The second kappa shape index (κ2) is 5.11. The summed E-state index contributed by atoms with van der Waals surface area (Å²) in [6.45, 7) is 1.92. The molecule has 2 aromatic rings. The molecule has 0 saturated carbocycles. The molecule has 1 aromatic carbocycles. The molecule has 0 aliphatic rings. The van der Waals surface area contributed by atoms with Crippen molar-refractivity contribution < 1.29 is 4.39 Å². The molecule has 0 aliphatic heterocycles. The zero-order chi connectivity index (χ0) is 12.3. The third-order valence-electron chi connectivity index (χ3n) is 2.17. The largest absolute Gasteiger partial charge is 0.262 e. The lowest BCUT2D eigenvalue weighted by Crippen LogP contribution is -1.82. The van der Waals surface area contributed by atoms with Gasteiger partial charge in [0.25, 0.3) is 0 Å². The lowest BCUT2D eigenvalue weighted by Gasteiger charge is -1.95. The molecular formula is C14H9BrFN. The third kappa shape index (κ3) is 3.15. The average molecular weight is 290 g/mol. The van der Waals surface area contributed by atoms with E-state index in [0.29, 0.717) is 4.47 Å². The second-order valence-corrected chi connectivity index (χ2v) is 4.42. The first-order valence-electron chi connectivity index (χ1n) is 5.05. The van der Waals surface area contributed by atoms with Crippen LogP contribution in [0.15, 0.2) is 41.0 Å². The van der Waals surface area contributed by atoms with Crippen LogP contribution in [0.1, 0.15) is 16.8 Å². The van der Waals surface area contributed by atoms with Gasteiger partial charge in [0.1, 0.15) is 5.82 Å². The fourth-order valence-corrected chi connectivity index (χ4v) is 1.72. The average Bonchev–Trinajstić information content (AvgIpc) is 2.31. The summed E-state index contributed by atoms with van der Waals surface area (Å²) < 4.78 is 13.4. The van der Waals surface area contributed by atoms with Gasteiger partial charge in [-0.25, -0.2) is 4.39 Å². The maximum Gasteiger partial charge on any atom is 0.137 e. The Kier molecular flexibility index (Phi) is 3.55. The third-order valence-corrected chi connectivity index (χ3v) is 2.78. The van der Waals surface area contributed by atoms with Gasteiger partial charge in [0.05, 0.1) is 4.47 Å². The topological polar surface area (TPSA) is 12.9 Å². The number of halogens is 2. The van der Waals surface area contributed by atoms with Gasteiger partial charge in [-0.05, 0) is 53.2 Å². The van der Waals surface area contributed by atoms with E-state index in [1.807, 2.05) is 19.1 Å². The lowest BCUT2D eigenvalue weighted by atomic mass is 10.2. The van der Waals surface area contributed by atoms with Crippen LogP contribution < -0.4 is 0 Å². The quantitative estimate of drug-likeness (QED) is 0.674. The summed E-state index contributed by atoms with van der Waals surface area (Å²) in [5.74, 6) is 5.71. The zero-order valence-corrected chi connectivity index (χ0v) is 10.8. The van der Waals surface area contributed by atoms with Crippen molar-refractivity contribution in [3.05, 3.63) is 63.6 Å². The first-order chi connectivity index (χ1) is 8.15. The van der Waals surface area contributed by atoms with Crippen molar-refractivity contribution in [2.75, 3.05) is 0 Å². The number of hydrogen-bond donors (Lipinski definition) is 0. The molecule has 0 saturated heterocycles. The molecule has 1 heterocycles. The van der Waals surface area contributed by atoms with E-state index in [2.05, 4.69) is 32.8 Å². The fourth-order valence-electron chi connectivity index (χ4n) is 1.34. The van der Waals surface area contributed by atoms with Gasteiger partial charge in [0.2, 0.25) is 0 Å². The fraction of sp³-hybridized carbons (Fsp3) is 0.0714. The number of benzene rings is 1. The highest BCUT2D eigenvalue weighted by atomic mass is 79.9. The van der Waals surface area contributed by atoms with Crippen LogP contribution in [0.2, 0.25) is 0 Å². The van der Waals surface area contributed by atoms with Crippen LogP contribution >= 0.6 is 15.9 Å². The maximum atomic E-state index is 13.0. The van der Waals surface area contributed by atoms with E-state index in [1.165, 1.54) is 6.07 Å². The smallest absolute Gasteiger partial charge is 0.137 e. The SMILES string of the molecule is Cc1cc(C#Cc2ccc(F)c(Br)c2)ccn1. The Balaban J connectivity index is 2.30. The molecule has 1 aromatic heterocycles. The Hall–Kier alpha value is -1.66. The molecule has 0 aliphatic carbocycles. The Labute approximate surface area is 108 Å². The van der Waals surface area contributed by atoms with Crippen molar-refractivity contribution >= 4 is 15.9 Å². The van der Waals surface area contributed by atoms with E-state index in [4.69, 9.17) is 0 Å². The number of hydrogen-bond acceptors (Lipinski definition) is 1. The van der Waals surface area contributed by atoms with Crippen LogP contribution in [0, 0.1) is 24.6 Å². The molecule has 3 heteroatoms. The highest BCUT2D eigenvalue weighted by Crippen LogP contribution is 2.16. The summed E-state index contributed by atoms with van der Waals surface area (Å²) in [6, 6.07) is 8.47. The van der Waals surface area contributed by atoms with E-state index in [-0.39, 0.29) is 5.82 Å². The van der Waals surface area contributed by atoms with E-state index in [1.54, 1.807) is 18.3 Å². The second-order valence-electron chi connectivity index (χ2n) is 3.56. The highest BCUT2D eigenvalue weighted by Gasteiger charge is 1.97.